The highest BCUT2D eigenvalue weighted by Gasteiger charge is 2.58. The number of fused-ring (bicyclic) bond motifs is 2. The van der Waals surface area contributed by atoms with Crippen LogP contribution in [-0.4, -0.2) is 94.6 Å². The van der Waals surface area contributed by atoms with E-state index in [9.17, 15) is 19.0 Å². The number of nitrogens with two attached hydrogens (primary N) is 2. The van der Waals surface area contributed by atoms with E-state index in [2.05, 4.69) is 54.4 Å². The van der Waals surface area contributed by atoms with Crippen molar-refractivity contribution in [3.63, 3.8) is 0 Å². The number of nitrogens with zero attached hydrogens (tertiary/aromatic N) is 7. The molecular formula is C20H24F2N10O9P2S2. The lowest BCUT2D eigenvalue weighted by atomic mass is 10.1. The van der Waals surface area contributed by atoms with Gasteiger partial charge in [-0.25, -0.2) is 33.3 Å². The van der Waals surface area contributed by atoms with Crippen LogP contribution in [0, 0.1) is 0 Å². The van der Waals surface area contributed by atoms with E-state index >= 15 is 8.78 Å². The van der Waals surface area contributed by atoms with Gasteiger partial charge in [0.25, 0.3) is 5.56 Å². The van der Waals surface area contributed by atoms with Gasteiger partial charge in [-0.15, -0.1) is 0 Å². The van der Waals surface area contributed by atoms with Gasteiger partial charge in [0, 0.05) is 0 Å². The summed E-state index contributed by atoms with van der Waals surface area (Å²) in [6.07, 6.45) is -7.04. The molecule has 6 N–H and O–H groups in total. The summed E-state index contributed by atoms with van der Waals surface area (Å²) < 4.78 is 85.7. The van der Waals surface area contributed by atoms with Crippen LogP contribution in [0.5, 0.6) is 0 Å². The van der Waals surface area contributed by atoms with Crippen molar-refractivity contribution >= 4 is 72.6 Å². The fourth-order valence-corrected chi connectivity index (χ4v) is 7.19. The number of hydrogen-bond acceptors (Lipinski definition) is 16. The van der Waals surface area contributed by atoms with Crippen LogP contribution in [0.4, 0.5) is 20.5 Å². The lowest BCUT2D eigenvalue weighted by Crippen LogP contribution is -2.46. The molecule has 2 saturated heterocycles. The zero-order valence-electron chi connectivity index (χ0n) is 22.4. The average Bonchev–Trinajstić information content (AvgIpc) is 3.73. The molecule has 25 heteroatoms. The molecule has 0 bridgehead atoms. The highest BCUT2D eigenvalue weighted by molar-refractivity contribution is 8.44. The van der Waals surface area contributed by atoms with Crippen molar-refractivity contribution in [1.82, 2.24) is 39.0 Å². The number of thiol groups is 2. The van der Waals surface area contributed by atoms with E-state index in [1.807, 2.05) is 0 Å². The zero-order valence-corrected chi connectivity index (χ0v) is 26.1. The van der Waals surface area contributed by atoms with Gasteiger partial charge in [0.05, 0.1) is 32.5 Å². The van der Waals surface area contributed by atoms with Gasteiger partial charge < -0.3 is 30.6 Å². The molecule has 2 unspecified atom stereocenters. The smallest absolute Gasteiger partial charge is 0.387 e. The minimum absolute atomic E-state index is 0.0405. The van der Waals surface area contributed by atoms with Crippen molar-refractivity contribution in [1.29, 1.82) is 0 Å². The molecule has 244 valence electrons. The fourth-order valence-electron chi connectivity index (χ4n) is 5.01. The second-order valence-electron chi connectivity index (χ2n) is 9.85. The number of nitrogens with one attached hydrogen (secondary N) is 1. The number of aromatic amines is 1. The second kappa shape index (κ2) is 12.1. The highest BCUT2D eigenvalue weighted by Crippen LogP contribution is 2.60. The van der Waals surface area contributed by atoms with E-state index in [4.69, 9.17) is 34.5 Å². The molecule has 4 aromatic rings. The molecule has 2 fully saturated rings. The number of imidazole rings is 2. The number of H-pyrrole nitrogens is 1. The van der Waals surface area contributed by atoms with Gasteiger partial charge in [-0.3, -0.25) is 32.5 Å². The summed E-state index contributed by atoms with van der Waals surface area (Å²) in [5.74, 6) is -0.307. The van der Waals surface area contributed by atoms with E-state index in [0.29, 0.717) is 0 Å². The highest BCUT2D eigenvalue weighted by atomic mass is 32.7. The number of hydrogen-bond donors (Lipinski definition) is 6. The topological polar surface area (TPSA) is 260 Å². The Morgan fingerprint density at radius 3 is 2.69 bits per heavy atom. The Bertz CT molecular complexity index is 1890. The molecule has 0 amide bonds. The first-order valence-electron chi connectivity index (χ1n) is 12.7. The lowest BCUT2D eigenvalue weighted by molar-refractivity contribution is -0.0719. The van der Waals surface area contributed by atoms with Crippen LogP contribution in [0.15, 0.2) is 23.8 Å². The van der Waals surface area contributed by atoms with Gasteiger partial charge in [0.15, 0.2) is 41.2 Å². The maximum absolute atomic E-state index is 16.2. The maximum atomic E-state index is 16.2. The monoisotopic (exact) mass is 712 g/mol. The fraction of sp³-hybridized carbons (Fsp3) is 0.500. The summed E-state index contributed by atoms with van der Waals surface area (Å²) in [5.41, 5.74) is 8.06. The molecule has 4 aromatic heterocycles. The van der Waals surface area contributed by atoms with Gasteiger partial charge in [-0.1, -0.05) is 24.5 Å². The normalized spacial score (nSPS) is 30.7. The number of halogens is 2. The van der Waals surface area contributed by atoms with Gasteiger partial charge in [0.1, 0.15) is 30.2 Å². The Morgan fingerprint density at radius 2 is 1.93 bits per heavy atom. The number of alkyl halides is 2. The SMILES string of the molecule is Nc1nc2c(ncn2[C@]2(OP(=O)(S)OC[C@H]3O[C@@H](n4cnc5c(N)ncnc54)[C@@H](F)[C@@H]3O)CO[C@H](CO[PH](=O)S)[C@H]2F)c(=O)[nH]1. The van der Waals surface area contributed by atoms with E-state index in [1.165, 1.54) is 10.9 Å². The minimum Gasteiger partial charge on any atom is -0.387 e. The van der Waals surface area contributed by atoms with Gasteiger partial charge in [-0.2, -0.15) is 4.98 Å². The van der Waals surface area contributed by atoms with E-state index in [-0.39, 0.29) is 34.1 Å². The number of ether oxygens (including phenoxy) is 2. The van der Waals surface area contributed by atoms with Crippen LogP contribution < -0.4 is 17.0 Å². The minimum atomic E-state index is -4.68. The van der Waals surface area contributed by atoms with E-state index < -0.39 is 82.0 Å². The first kappa shape index (κ1) is 32.2. The third kappa shape index (κ3) is 5.86. The summed E-state index contributed by atoms with van der Waals surface area (Å²) in [6.45, 7) is -6.65. The molecule has 6 heterocycles. The second-order valence-corrected chi connectivity index (χ2v) is 14.6. The standard InChI is InChI=1S/C20H24F2N10O9P2S2/c21-9-12(33)7(40-18(9)31-5-27-10-14(23)25-4-26-15(10)31)2-39-43(36,45)41-20(3-37-8(13(20)22)1-38-42(35)44)32-6-28-11-16(32)29-19(24)30-17(11)34/h4-9,12-13,18,33,42H,1-3H2,(H,35,44)(H,36,45)(H2,23,25,26)(H3,24,29,30,34)/t7-,8-,9+,12-,13-,18-,20+,43?/m1/s1. The number of rotatable bonds is 10. The molecule has 0 aromatic carbocycles. The van der Waals surface area contributed by atoms with Crippen LogP contribution in [-0.2, 0) is 37.9 Å². The number of anilines is 2. The Balaban J connectivity index is 1.25. The third-order valence-electron chi connectivity index (χ3n) is 7.10. The summed E-state index contributed by atoms with van der Waals surface area (Å²) in [4.78, 5) is 34.5. The molecule has 19 nitrogen and oxygen atoms in total. The van der Waals surface area contributed by atoms with Crippen LogP contribution in [0.25, 0.3) is 22.3 Å². The summed E-state index contributed by atoms with van der Waals surface area (Å²) >= 11 is 7.64. The lowest BCUT2D eigenvalue weighted by Gasteiger charge is -2.33. The summed E-state index contributed by atoms with van der Waals surface area (Å²) in [5, 5.41) is 10.6. The first-order valence-corrected chi connectivity index (χ1v) is 18.0. The molecular weight excluding hydrogens is 688 g/mol. The summed E-state index contributed by atoms with van der Waals surface area (Å²) in [6, 6.07) is 0. The molecule has 9 atom stereocenters. The Labute approximate surface area is 260 Å². The molecule has 45 heavy (non-hydrogen) atoms. The van der Waals surface area contributed by atoms with Crippen molar-refractivity contribution in [2.24, 2.45) is 0 Å². The predicted molar refractivity (Wildman–Crippen MR) is 157 cm³/mol. The van der Waals surface area contributed by atoms with Crippen molar-refractivity contribution in [2.75, 3.05) is 31.3 Å². The molecule has 0 spiro atoms. The van der Waals surface area contributed by atoms with Crippen molar-refractivity contribution in [3.8, 4) is 0 Å². The van der Waals surface area contributed by atoms with E-state index in [1.54, 1.807) is 0 Å². The molecule has 0 saturated carbocycles. The quantitative estimate of drug-likeness (QED) is 0.0967. The average molecular weight is 713 g/mol. The Hall–Kier alpha value is -2.72. The van der Waals surface area contributed by atoms with Crippen LogP contribution in [0.1, 0.15) is 6.23 Å². The summed E-state index contributed by atoms with van der Waals surface area (Å²) in [7, 11) is -2.80. The Morgan fingerprint density at radius 1 is 1.18 bits per heavy atom. The molecule has 2 aliphatic rings. The number of aliphatic hydroxyl groups is 1. The molecule has 2 aliphatic heterocycles. The molecule has 0 radical (unpaired) electrons. The van der Waals surface area contributed by atoms with Crippen molar-refractivity contribution < 1.29 is 46.1 Å². The van der Waals surface area contributed by atoms with Gasteiger partial charge >= 0.3 is 6.80 Å². The molecule has 6 rings (SSSR count). The number of aliphatic hydroxyl groups excluding tert-OH is 1. The van der Waals surface area contributed by atoms with Gasteiger partial charge in [-0.05, 0) is 0 Å². The van der Waals surface area contributed by atoms with Crippen LogP contribution in [0.3, 0.4) is 0 Å². The third-order valence-corrected chi connectivity index (χ3v) is 9.51. The Kier molecular flexibility index (Phi) is 8.69. The largest absolute Gasteiger partial charge is 0.388 e. The van der Waals surface area contributed by atoms with Crippen LogP contribution in [0.2, 0.25) is 0 Å². The zero-order chi connectivity index (χ0) is 32.3. The first-order chi connectivity index (χ1) is 21.3. The molecule has 0 aliphatic carbocycles. The predicted octanol–water partition coefficient (Wildman–Crippen LogP) is 0.517. The van der Waals surface area contributed by atoms with Crippen molar-refractivity contribution in [2.45, 2.75) is 42.6 Å². The van der Waals surface area contributed by atoms with Crippen molar-refractivity contribution in [3.05, 3.63) is 29.3 Å². The van der Waals surface area contributed by atoms with E-state index in [0.717, 1.165) is 17.2 Å². The number of nitrogen functional groups attached to an aromatic ring is 2. The maximum Gasteiger partial charge on any atom is 0.388 e. The van der Waals surface area contributed by atoms with Crippen LogP contribution >= 0.6 is 38.5 Å². The van der Waals surface area contributed by atoms with Gasteiger partial charge in [0.2, 0.25) is 18.9 Å². The number of aromatic nitrogens is 8.